The van der Waals surface area contributed by atoms with Crippen LogP contribution in [0.4, 0.5) is 0 Å². The lowest BCUT2D eigenvalue weighted by Crippen LogP contribution is -2.39. The van der Waals surface area contributed by atoms with Crippen LogP contribution in [0.5, 0.6) is 0 Å². The average molecular weight is 315 g/mol. The number of nitrogens with one attached hydrogen (secondary N) is 1. The number of nitrogens with zero attached hydrogens (tertiary/aromatic N) is 1. The molecule has 17 heavy (non-hydrogen) atoms. The summed E-state index contributed by atoms with van der Waals surface area (Å²) in [6.07, 6.45) is 3.43. The Morgan fingerprint density at radius 1 is 1.47 bits per heavy atom. The summed E-state index contributed by atoms with van der Waals surface area (Å²) < 4.78 is 1.12. The summed E-state index contributed by atoms with van der Waals surface area (Å²) in [7, 11) is 0. The third kappa shape index (κ3) is 2.56. The van der Waals surface area contributed by atoms with Crippen LogP contribution in [0.3, 0.4) is 0 Å². The van der Waals surface area contributed by atoms with E-state index in [9.17, 15) is 4.79 Å². The number of carbonyl (C=O) groups is 1. The number of carbonyl (C=O) groups excluding carboxylic acids is 1. The van der Waals surface area contributed by atoms with Crippen LogP contribution in [-0.2, 0) is 11.3 Å². The fraction of sp³-hybridized carbons (Fsp3) is 0.583. The number of rotatable bonds is 4. The zero-order valence-corrected chi connectivity index (χ0v) is 11.9. The van der Waals surface area contributed by atoms with Gasteiger partial charge >= 0.3 is 0 Å². The van der Waals surface area contributed by atoms with Crippen molar-refractivity contribution in [3.05, 3.63) is 20.8 Å². The molecule has 1 aliphatic carbocycles. The molecule has 2 fully saturated rings. The van der Waals surface area contributed by atoms with Crippen molar-refractivity contribution in [2.75, 3.05) is 6.54 Å². The molecule has 92 valence electrons. The molecule has 1 unspecified atom stereocenters. The molecule has 0 radical (unpaired) electrons. The van der Waals surface area contributed by atoms with Gasteiger partial charge < -0.3 is 10.2 Å². The fourth-order valence-electron chi connectivity index (χ4n) is 2.20. The van der Waals surface area contributed by atoms with E-state index in [1.165, 1.54) is 17.7 Å². The first-order chi connectivity index (χ1) is 8.24. The van der Waals surface area contributed by atoms with Gasteiger partial charge in [0.25, 0.3) is 0 Å². The van der Waals surface area contributed by atoms with Crippen molar-refractivity contribution in [1.82, 2.24) is 10.2 Å². The van der Waals surface area contributed by atoms with E-state index in [2.05, 4.69) is 26.6 Å². The first-order valence-electron chi connectivity index (χ1n) is 6.01. The van der Waals surface area contributed by atoms with Gasteiger partial charge in [0.05, 0.1) is 12.6 Å². The van der Waals surface area contributed by atoms with Gasteiger partial charge in [0.2, 0.25) is 5.91 Å². The van der Waals surface area contributed by atoms with Crippen LogP contribution in [-0.4, -0.2) is 29.4 Å². The van der Waals surface area contributed by atoms with E-state index in [0.29, 0.717) is 6.04 Å². The first kappa shape index (κ1) is 11.7. The Labute approximate surface area is 113 Å². The number of thiophene rings is 1. The van der Waals surface area contributed by atoms with E-state index in [1.807, 2.05) is 11.0 Å². The molecule has 1 amide bonds. The molecule has 2 heterocycles. The monoisotopic (exact) mass is 314 g/mol. The lowest BCUT2D eigenvalue weighted by Gasteiger charge is -2.16. The highest BCUT2D eigenvalue weighted by Crippen LogP contribution is 2.27. The molecule has 0 spiro atoms. The smallest absolute Gasteiger partial charge is 0.240 e. The van der Waals surface area contributed by atoms with Crippen LogP contribution in [0.1, 0.15) is 24.1 Å². The Bertz CT molecular complexity index is 430. The van der Waals surface area contributed by atoms with E-state index in [4.69, 9.17) is 0 Å². The van der Waals surface area contributed by atoms with Gasteiger partial charge in [-0.25, -0.2) is 0 Å². The summed E-state index contributed by atoms with van der Waals surface area (Å²) in [6.45, 7) is 1.63. The molecule has 3 rings (SSSR count). The zero-order valence-electron chi connectivity index (χ0n) is 9.49. The van der Waals surface area contributed by atoms with Gasteiger partial charge in [-0.2, -0.15) is 0 Å². The van der Waals surface area contributed by atoms with Gasteiger partial charge in [-0.1, -0.05) is 0 Å². The Morgan fingerprint density at radius 2 is 2.29 bits per heavy atom. The van der Waals surface area contributed by atoms with E-state index < -0.39 is 0 Å². The molecule has 1 saturated heterocycles. The molecule has 5 heteroatoms. The van der Waals surface area contributed by atoms with Gasteiger partial charge in [-0.15, -0.1) is 11.3 Å². The fourth-order valence-corrected chi connectivity index (χ4v) is 3.69. The van der Waals surface area contributed by atoms with Gasteiger partial charge in [0, 0.05) is 21.9 Å². The Balaban J connectivity index is 1.61. The summed E-state index contributed by atoms with van der Waals surface area (Å²) in [4.78, 5) is 15.4. The van der Waals surface area contributed by atoms with Crippen molar-refractivity contribution in [3.8, 4) is 0 Å². The maximum absolute atomic E-state index is 12.2. The Morgan fingerprint density at radius 3 is 2.94 bits per heavy atom. The third-order valence-electron chi connectivity index (χ3n) is 3.34. The molecule has 1 atom stereocenters. The minimum Gasteiger partial charge on any atom is -0.336 e. The predicted molar refractivity (Wildman–Crippen MR) is 72.0 cm³/mol. The molecule has 1 N–H and O–H groups in total. The van der Waals surface area contributed by atoms with Crippen molar-refractivity contribution in [2.24, 2.45) is 0 Å². The quantitative estimate of drug-likeness (QED) is 0.925. The number of halogens is 1. The highest BCUT2D eigenvalue weighted by Gasteiger charge is 2.35. The van der Waals surface area contributed by atoms with Gasteiger partial charge in [-0.3, -0.25) is 4.79 Å². The van der Waals surface area contributed by atoms with E-state index in [0.717, 1.165) is 24.0 Å². The number of hydrogen-bond donors (Lipinski definition) is 1. The molecule has 1 aromatic rings. The second-order valence-electron chi connectivity index (χ2n) is 4.73. The van der Waals surface area contributed by atoms with Crippen LogP contribution >= 0.6 is 27.3 Å². The van der Waals surface area contributed by atoms with Gasteiger partial charge in [0.1, 0.15) is 0 Å². The molecule has 2 aliphatic rings. The summed E-state index contributed by atoms with van der Waals surface area (Å²) in [6, 6.07) is 2.72. The number of amides is 1. The van der Waals surface area contributed by atoms with Gasteiger partial charge in [0.15, 0.2) is 0 Å². The van der Waals surface area contributed by atoms with Crippen LogP contribution < -0.4 is 5.32 Å². The van der Waals surface area contributed by atoms with Crippen LogP contribution in [0, 0.1) is 0 Å². The van der Waals surface area contributed by atoms with Crippen LogP contribution in [0.15, 0.2) is 15.9 Å². The second kappa shape index (κ2) is 4.71. The number of hydrogen-bond acceptors (Lipinski definition) is 3. The Kier molecular flexibility index (Phi) is 3.23. The molecule has 1 aromatic heterocycles. The number of likely N-dealkylation sites (tertiary alicyclic amines) is 1. The van der Waals surface area contributed by atoms with E-state index >= 15 is 0 Å². The SMILES string of the molecule is O=C1C(NC2CC2)CCN1Cc1sccc1Br. The van der Waals surface area contributed by atoms with Crippen molar-refractivity contribution >= 4 is 33.2 Å². The molecular weight excluding hydrogens is 300 g/mol. The summed E-state index contributed by atoms with van der Waals surface area (Å²) in [5.41, 5.74) is 0. The van der Waals surface area contributed by atoms with Crippen molar-refractivity contribution < 1.29 is 4.79 Å². The molecule has 1 saturated carbocycles. The summed E-state index contributed by atoms with van der Waals surface area (Å²) in [5, 5.41) is 5.48. The maximum atomic E-state index is 12.2. The molecule has 1 aliphatic heterocycles. The van der Waals surface area contributed by atoms with Crippen LogP contribution in [0.2, 0.25) is 0 Å². The van der Waals surface area contributed by atoms with Crippen molar-refractivity contribution in [1.29, 1.82) is 0 Å². The van der Waals surface area contributed by atoms with Gasteiger partial charge in [-0.05, 0) is 46.6 Å². The van der Waals surface area contributed by atoms with E-state index in [-0.39, 0.29) is 11.9 Å². The Hall–Kier alpha value is -0.390. The topological polar surface area (TPSA) is 32.3 Å². The minimum atomic E-state index is 0.0706. The highest BCUT2D eigenvalue weighted by molar-refractivity contribution is 9.10. The maximum Gasteiger partial charge on any atom is 0.240 e. The first-order valence-corrected chi connectivity index (χ1v) is 7.68. The van der Waals surface area contributed by atoms with E-state index in [1.54, 1.807) is 11.3 Å². The molecule has 0 aromatic carbocycles. The third-order valence-corrected chi connectivity index (χ3v) is 5.25. The lowest BCUT2D eigenvalue weighted by atomic mass is 10.2. The van der Waals surface area contributed by atoms with Crippen molar-refractivity contribution in [3.63, 3.8) is 0 Å². The standard InChI is InChI=1S/C12H15BrN2OS/c13-9-4-6-17-11(9)7-15-5-3-10(12(15)16)14-8-1-2-8/h4,6,8,10,14H,1-3,5,7H2. The summed E-state index contributed by atoms with van der Waals surface area (Å²) in [5.74, 6) is 0.275. The largest absolute Gasteiger partial charge is 0.336 e. The zero-order chi connectivity index (χ0) is 11.8. The summed E-state index contributed by atoms with van der Waals surface area (Å²) >= 11 is 5.22. The molecule has 3 nitrogen and oxygen atoms in total. The highest BCUT2D eigenvalue weighted by atomic mass is 79.9. The predicted octanol–water partition coefficient (Wildman–Crippen LogP) is 2.36. The average Bonchev–Trinajstić information content (AvgIpc) is 2.96. The second-order valence-corrected chi connectivity index (χ2v) is 6.59. The van der Waals surface area contributed by atoms with Crippen molar-refractivity contribution in [2.45, 2.75) is 37.9 Å². The normalized spacial score (nSPS) is 24.6. The minimum absolute atomic E-state index is 0.0706. The molecule has 0 bridgehead atoms. The van der Waals surface area contributed by atoms with Crippen LogP contribution in [0.25, 0.3) is 0 Å². The molecular formula is C12H15BrN2OS. The lowest BCUT2D eigenvalue weighted by molar-refractivity contribution is -0.129.